The van der Waals surface area contributed by atoms with E-state index in [1.165, 1.54) is 0 Å². The van der Waals surface area contributed by atoms with E-state index < -0.39 is 0 Å². The smallest absolute Gasteiger partial charge is 0.236 e. The number of nitrogens with one attached hydrogen (secondary N) is 1. The number of fused-ring (bicyclic) bond motifs is 3. The number of carbonyl (C=O) groups is 1. The molecule has 1 amide bonds. The van der Waals surface area contributed by atoms with Gasteiger partial charge in [-0.3, -0.25) is 4.79 Å². The number of pyridine rings is 1. The first-order valence-electron chi connectivity index (χ1n) is 8.13. The summed E-state index contributed by atoms with van der Waals surface area (Å²) in [5.74, 6) is 0.734. The molecule has 1 unspecified atom stereocenters. The fraction of sp³-hybridized carbons (Fsp3) is 0.353. The molecule has 1 aliphatic heterocycles. The molecule has 0 spiro atoms. The lowest BCUT2D eigenvalue weighted by Gasteiger charge is -2.25. The monoisotopic (exact) mass is 335 g/mol. The van der Waals surface area contributed by atoms with Gasteiger partial charge in [0.25, 0.3) is 0 Å². The fourth-order valence-corrected chi connectivity index (χ4v) is 3.42. The van der Waals surface area contributed by atoms with Gasteiger partial charge < -0.3 is 14.8 Å². The predicted octanol–water partition coefficient (Wildman–Crippen LogP) is 1.46. The van der Waals surface area contributed by atoms with Gasteiger partial charge in [0.15, 0.2) is 5.65 Å². The van der Waals surface area contributed by atoms with Gasteiger partial charge in [-0.15, -0.1) is 0 Å². The van der Waals surface area contributed by atoms with Gasteiger partial charge in [-0.05, 0) is 12.5 Å². The van der Waals surface area contributed by atoms with Crippen molar-refractivity contribution in [3.63, 3.8) is 0 Å². The summed E-state index contributed by atoms with van der Waals surface area (Å²) in [6.07, 6.45) is 5.95. The largest absolute Gasteiger partial charge is 0.354 e. The molecule has 3 aromatic heterocycles. The lowest BCUT2D eigenvalue weighted by molar-refractivity contribution is -0.130. The molecule has 1 saturated heterocycles. The average molecular weight is 335 g/mol. The number of amides is 1. The van der Waals surface area contributed by atoms with Crippen LogP contribution in [0.5, 0.6) is 0 Å². The number of hydrogen-bond acceptors (Lipinski definition) is 6. The Morgan fingerprint density at radius 2 is 2.36 bits per heavy atom. The minimum atomic E-state index is -0.139. The molecule has 1 aliphatic rings. The molecule has 0 bridgehead atoms. The molecular weight excluding hydrogens is 318 g/mol. The highest BCUT2D eigenvalue weighted by atomic mass is 16.2. The van der Waals surface area contributed by atoms with Crippen molar-refractivity contribution in [1.82, 2.24) is 24.8 Å². The van der Waals surface area contributed by atoms with Crippen LogP contribution >= 0.6 is 0 Å². The van der Waals surface area contributed by atoms with Gasteiger partial charge in [0, 0.05) is 31.7 Å². The maximum Gasteiger partial charge on any atom is 0.236 e. The average Bonchev–Trinajstić information content (AvgIpc) is 3.30. The summed E-state index contributed by atoms with van der Waals surface area (Å²) >= 11 is 0. The Bertz CT molecular complexity index is 989. The third kappa shape index (κ3) is 2.54. The van der Waals surface area contributed by atoms with Gasteiger partial charge in [0.05, 0.1) is 35.5 Å². The lowest BCUT2D eigenvalue weighted by atomic mass is 10.2. The van der Waals surface area contributed by atoms with E-state index in [0.717, 1.165) is 35.1 Å². The number of nitriles is 1. The molecule has 126 valence electrons. The molecule has 1 fully saturated rings. The second-order valence-corrected chi connectivity index (χ2v) is 6.18. The molecule has 8 nitrogen and oxygen atoms in total. The highest BCUT2D eigenvalue weighted by Crippen LogP contribution is 2.31. The van der Waals surface area contributed by atoms with Crippen molar-refractivity contribution >= 4 is 33.7 Å². The highest BCUT2D eigenvalue weighted by Gasteiger charge is 2.30. The zero-order valence-electron chi connectivity index (χ0n) is 13.8. The number of hydrogen-bond donors (Lipinski definition) is 1. The molecular formula is C17H17N7O. The number of aromatic amines is 1. The van der Waals surface area contributed by atoms with Crippen LogP contribution in [-0.2, 0) is 4.79 Å². The van der Waals surface area contributed by atoms with Gasteiger partial charge in [0.2, 0.25) is 5.91 Å². The summed E-state index contributed by atoms with van der Waals surface area (Å²) in [6, 6.07) is 3.95. The molecule has 3 aromatic rings. The fourth-order valence-electron chi connectivity index (χ4n) is 3.42. The number of rotatable bonds is 3. The van der Waals surface area contributed by atoms with E-state index in [-0.39, 0.29) is 18.4 Å². The quantitative estimate of drug-likeness (QED) is 0.777. The zero-order valence-corrected chi connectivity index (χ0v) is 13.8. The van der Waals surface area contributed by atoms with Crippen LogP contribution in [0.15, 0.2) is 24.8 Å². The van der Waals surface area contributed by atoms with E-state index >= 15 is 0 Å². The minimum Gasteiger partial charge on any atom is -0.354 e. The molecule has 4 heterocycles. The molecule has 0 saturated carbocycles. The van der Waals surface area contributed by atoms with Crippen molar-refractivity contribution in [2.24, 2.45) is 0 Å². The zero-order chi connectivity index (χ0) is 17.4. The first-order chi connectivity index (χ1) is 12.2. The molecule has 0 aliphatic carbocycles. The van der Waals surface area contributed by atoms with Crippen LogP contribution in [0.4, 0.5) is 5.82 Å². The number of H-pyrrole nitrogens is 1. The van der Waals surface area contributed by atoms with Crippen LogP contribution in [0.3, 0.4) is 0 Å². The van der Waals surface area contributed by atoms with Gasteiger partial charge >= 0.3 is 0 Å². The van der Waals surface area contributed by atoms with Gasteiger partial charge in [0.1, 0.15) is 12.2 Å². The Hall–Kier alpha value is -3.21. The lowest BCUT2D eigenvalue weighted by Crippen LogP contribution is -2.38. The normalized spacial score (nSPS) is 17.1. The number of nitrogens with zero attached hydrogens (tertiary/aromatic N) is 6. The van der Waals surface area contributed by atoms with Crippen molar-refractivity contribution in [3.05, 3.63) is 24.8 Å². The first kappa shape index (κ1) is 15.3. The van der Waals surface area contributed by atoms with Crippen LogP contribution in [-0.4, -0.2) is 56.9 Å². The molecule has 25 heavy (non-hydrogen) atoms. The SMILES string of the molecule is CN(C(=O)CC#N)C1CCN(c2nc[nH]c3cnc4nccc4c23)C1. The summed E-state index contributed by atoms with van der Waals surface area (Å²) in [5, 5.41) is 10.7. The molecule has 8 heteroatoms. The maximum absolute atomic E-state index is 12.0. The van der Waals surface area contributed by atoms with Crippen molar-refractivity contribution < 1.29 is 4.79 Å². The van der Waals surface area contributed by atoms with Crippen molar-refractivity contribution in [3.8, 4) is 6.07 Å². The molecule has 0 radical (unpaired) electrons. The van der Waals surface area contributed by atoms with Crippen molar-refractivity contribution in [1.29, 1.82) is 5.26 Å². The Morgan fingerprint density at radius 3 is 3.20 bits per heavy atom. The Balaban J connectivity index is 1.68. The molecule has 1 atom stereocenters. The summed E-state index contributed by atoms with van der Waals surface area (Å²) in [5.41, 5.74) is 1.61. The first-order valence-corrected chi connectivity index (χ1v) is 8.13. The Labute approximate surface area is 144 Å². The number of likely N-dealkylation sites (N-methyl/N-ethyl adjacent to an activating group) is 1. The van der Waals surface area contributed by atoms with Crippen LogP contribution < -0.4 is 4.90 Å². The van der Waals surface area contributed by atoms with Crippen LogP contribution in [0, 0.1) is 11.3 Å². The second-order valence-electron chi connectivity index (χ2n) is 6.18. The number of anilines is 1. The predicted molar refractivity (Wildman–Crippen MR) is 92.8 cm³/mol. The van der Waals surface area contributed by atoms with Gasteiger partial charge in [-0.2, -0.15) is 5.26 Å². The topological polar surface area (TPSA) is 102 Å². The van der Waals surface area contributed by atoms with Crippen molar-refractivity contribution in [2.45, 2.75) is 18.9 Å². The van der Waals surface area contributed by atoms with Crippen LogP contribution in [0.25, 0.3) is 21.9 Å². The van der Waals surface area contributed by atoms with E-state index in [1.807, 2.05) is 12.1 Å². The van der Waals surface area contributed by atoms with Crippen LogP contribution in [0.1, 0.15) is 12.8 Å². The summed E-state index contributed by atoms with van der Waals surface area (Å²) in [7, 11) is 1.77. The van der Waals surface area contributed by atoms with E-state index in [9.17, 15) is 4.79 Å². The molecule has 0 aromatic carbocycles. The van der Waals surface area contributed by atoms with Gasteiger partial charge in [-0.1, -0.05) is 0 Å². The van der Waals surface area contributed by atoms with E-state index in [4.69, 9.17) is 5.26 Å². The second kappa shape index (κ2) is 6.02. The molecule has 4 rings (SSSR count). The van der Waals surface area contributed by atoms with E-state index in [0.29, 0.717) is 12.2 Å². The molecule has 1 N–H and O–H groups in total. The Morgan fingerprint density at radius 1 is 1.48 bits per heavy atom. The number of carbonyl (C=O) groups excluding carboxylic acids is 1. The summed E-state index contributed by atoms with van der Waals surface area (Å²) in [6.45, 7) is 1.50. The van der Waals surface area contributed by atoms with Gasteiger partial charge in [-0.25, -0.2) is 15.0 Å². The summed E-state index contributed by atoms with van der Waals surface area (Å²) in [4.78, 5) is 32.1. The third-order valence-electron chi connectivity index (χ3n) is 4.80. The van der Waals surface area contributed by atoms with Crippen molar-refractivity contribution in [2.75, 3.05) is 25.0 Å². The minimum absolute atomic E-state index is 0.0806. The van der Waals surface area contributed by atoms with E-state index in [1.54, 1.807) is 30.7 Å². The van der Waals surface area contributed by atoms with Crippen LogP contribution in [0.2, 0.25) is 0 Å². The highest BCUT2D eigenvalue weighted by molar-refractivity contribution is 6.08. The number of aromatic nitrogens is 4. The third-order valence-corrected chi connectivity index (χ3v) is 4.80. The standard InChI is InChI=1S/C17H17N7O/c1-23(14(25)2-5-18)11-4-7-24(9-11)17-15-12-3-6-19-16(12)20-8-13(15)21-10-22-17/h3,6,8,10-11H,2,4,7,9H2,1H3,(H,21,22). The summed E-state index contributed by atoms with van der Waals surface area (Å²) < 4.78 is 0. The van der Waals surface area contributed by atoms with E-state index in [2.05, 4.69) is 24.8 Å². The Kier molecular flexibility index (Phi) is 3.69. The maximum atomic E-state index is 12.0.